The molecular weight excluding hydrogens is 334 g/mol. The summed E-state index contributed by atoms with van der Waals surface area (Å²) in [7, 11) is 1.83. The summed E-state index contributed by atoms with van der Waals surface area (Å²) in [6, 6.07) is 8.04. The summed E-state index contributed by atoms with van der Waals surface area (Å²) in [5, 5.41) is 8.73. The molecule has 2 aromatic heterocycles. The van der Waals surface area contributed by atoms with Gasteiger partial charge in [0.25, 0.3) is 0 Å². The van der Waals surface area contributed by atoms with Crippen molar-refractivity contribution in [3.63, 3.8) is 0 Å². The highest BCUT2D eigenvalue weighted by molar-refractivity contribution is 8.00. The van der Waals surface area contributed by atoms with Gasteiger partial charge in [0.15, 0.2) is 5.65 Å². The van der Waals surface area contributed by atoms with Crippen LogP contribution in [0.25, 0.3) is 11.0 Å². The van der Waals surface area contributed by atoms with Crippen molar-refractivity contribution in [3.8, 4) is 0 Å². The molecule has 0 spiro atoms. The lowest BCUT2D eigenvalue weighted by molar-refractivity contribution is -0.113. The van der Waals surface area contributed by atoms with Gasteiger partial charge in [0.2, 0.25) is 5.91 Å². The Balaban J connectivity index is 1.61. The van der Waals surface area contributed by atoms with Crippen LogP contribution in [0.4, 0.5) is 5.69 Å². The molecular formula is C18H21N5OS. The van der Waals surface area contributed by atoms with E-state index in [9.17, 15) is 4.79 Å². The number of anilines is 1. The molecule has 0 bridgehead atoms. The molecule has 25 heavy (non-hydrogen) atoms. The number of carbonyl (C=O) groups is 1. The first-order chi connectivity index (χ1) is 12.1. The highest BCUT2D eigenvalue weighted by Gasteiger charge is 2.11. The lowest BCUT2D eigenvalue weighted by Crippen LogP contribution is -2.14. The Hall–Kier alpha value is -2.41. The molecule has 1 atom stereocenters. The summed E-state index contributed by atoms with van der Waals surface area (Å²) in [5.74, 6) is 0.755. The van der Waals surface area contributed by atoms with E-state index in [-0.39, 0.29) is 11.7 Å². The maximum atomic E-state index is 12.2. The van der Waals surface area contributed by atoms with Gasteiger partial charge in [-0.1, -0.05) is 37.7 Å². The topological polar surface area (TPSA) is 72.7 Å². The number of thioether (sulfide) groups is 1. The van der Waals surface area contributed by atoms with E-state index in [4.69, 9.17) is 0 Å². The van der Waals surface area contributed by atoms with E-state index >= 15 is 0 Å². The molecule has 0 aliphatic heterocycles. The predicted octanol–water partition coefficient (Wildman–Crippen LogP) is 3.61. The molecule has 1 unspecified atom stereocenters. The summed E-state index contributed by atoms with van der Waals surface area (Å²) in [6.07, 6.45) is 4.32. The van der Waals surface area contributed by atoms with Crippen LogP contribution in [0.15, 0.2) is 41.8 Å². The van der Waals surface area contributed by atoms with Gasteiger partial charge in [0, 0.05) is 12.7 Å². The summed E-state index contributed by atoms with van der Waals surface area (Å²) in [6.45, 7) is 4.37. The fourth-order valence-electron chi connectivity index (χ4n) is 2.52. The van der Waals surface area contributed by atoms with E-state index in [2.05, 4.69) is 46.4 Å². The number of hydrogen-bond acceptors (Lipinski definition) is 5. The molecule has 1 N–H and O–H groups in total. The van der Waals surface area contributed by atoms with Crippen molar-refractivity contribution in [2.45, 2.75) is 31.2 Å². The molecule has 7 heteroatoms. The lowest BCUT2D eigenvalue weighted by Gasteiger charge is -2.10. The monoisotopic (exact) mass is 355 g/mol. The summed E-state index contributed by atoms with van der Waals surface area (Å²) in [4.78, 5) is 20.7. The number of fused-ring (bicyclic) bond motifs is 1. The maximum absolute atomic E-state index is 12.2. The quantitative estimate of drug-likeness (QED) is 0.540. The van der Waals surface area contributed by atoms with Gasteiger partial charge >= 0.3 is 0 Å². The van der Waals surface area contributed by atoms with Gasteiger partial charge in [0.05, 0.1) is 17.3 Å². The summed E-state index contributed by atoms with van der Waals surface area (Å²) < 4.78 is 1.69. The van der Waals surface area contributed by atoms with E-state index in [1.54, 1.807) is 10.9 Å². The number of nitrogens with zero attached hydrogens (tertiary/aromatic N) is 4. The number of aromatic nitrogens is 4. The van der Waals surface area contributed by atoms with Gasteiger partial charge in [-0.15, -0.1) is 0 Å². The second-order valence-electron chi connectivity index (χ2n) is 5.95. The molecule has 0 radical (unpaired) electrons. The molecule has 0 fully saturated rings. The molecule has 0 aliphatic carbocycles. The lowest BCUT2D eigenvalue weighted by atomic mass is 9.99. The first-order valence-electron chi connectivity index (χ1n) is 8.23. The van der Waals surface area contributed by atoms with Crippen LogP contribution in [0.5, 0.6) is 0 Å². The molecule has 0 saturated heterocycles. The Morgan fingerprint density at radius 1 is 1.28 bits per heavy atom. The fraction of sp³-hybridized carbons (Fsp3) is 0.333. The van der Waals surface area contributed by atoms with E-state index in [1.165, 1.54) is 23.7 Å². The van der Waals surface area contributed by atoms with Crippen LogP contribution in [0.3, 0.4) is 0 Å². The Labute approximate surface area is 151 Å². The zero-order chi connectivity index (χ0) is 17.8. The zero-order valence-electron chi connectivity index (χ0n) is 14.6. The van der Waals surface area contributed by atoms with Gasteiger partial charge in [-0.3, -0.25) is 9.48 Å². The third kappa shape index (κ3) is 3.99. The fourth-order valence-corrected chi connectivity index (χ4v) is 3.28. The van der Waals surface area contributed by atoms with Crippen molar-refractivity contribution in [3.05, 3.63) is 42.4 Å². The summed E-state index contributed by atoms with van der Waals surface area (Å²) in [5.41, 5.74) is 2.86. The molecule has 3 rings (SSSR count). The molecule has 1 amide bonds. The highest BCUT2D eigenvalue weighted by Crippen LogP contribution is 2.24. The Morgan fingerprint density at radius 2 is 2.04 bits per heavy atom. The van der Waals surface area contributed by atoms with Gasteiger partial charge in [0.1, 0.15) is 11.4 Å². The maximum Gasteiger partial charge on any atom is 0.234 e. The average molecular weight is 355 g/mol. The van der Waals surface area contributed by atoms with Crippen molar-refractivity contribution < 1.29 is 4.79 Å². The van der Waals surface area contributed by atoms with Crippen LogP contribution >= 0.6 is 11.8 Å². The van der Waals surface area contributed by atoms with Crippen molar-refractivity contribution in [2.75, 3.05) is 11.1 Å². The van der Waals surface area contributed by atoms with Gasteiger partial charge < -0.3 is 5.32 Å². The van der Waals surface area contributed by atoms with E-state index in [1.807, 2.05) is 19.2 Å². The number of aryl methyl sites for hydroxylation is 1. The third-order valence-corrected chi connectivity index (χ3v) is 5.21. The number of amides is 1. The van der Waals surface area contributed by atoms with Crippen LogP contribution in [-0.4, -0.2) is 31.4 Å². The number of benzene rings is 1. The molecule has 0 aliphatic rings. The largest absolute Gasteiger partial charge is 0.325 e. The molecule has 130 valence electrons. The zero-order valence-corrected chi connectivity index (χ0v) is 15.4. The van der Waals surface area contributed by atoms with E-state index in [0.717, 1.165) is 28.2 Å². The molecule has 0 saturated carbocycles. The standard InChI is InChI=1S/C18H21N5OS/c1-4-12(2)13-5-7-14(8-6-13)22-16(24)10-25-18-15-9-21-23(3)17(15)19-11-20-18/h5-9,11-12H,4,10H2,1-3H3,(H,22,24). The van der Waals surface area contributed by atoms with Crippen molar-refractivity contribution in [1.29, 1.82) is 0 Å². The van der Waals surface area contributed by atoms with Crippen LogP contribution in [0.1, 0.15) is 31.7 Å². The molecule has 3 aromatic rings. The first kappa shape index (κ1) is 17.4. The van der Waals surface area contributed by atoms with Gasteiger partial charge in [-0.05, 0) is 30.0 Å². The Morgan fingerprint density at radius 3 is 2.76 bits per heavy atom. The molecule has 2 heterocycles. The number of nitrogens with one attached hydrogen (secondary N) is 1. The molecule has 6 nitrogen and oxygen atoms in total. The second-order valence-corrected chi connectivity index (χ2v) is 6.92. The smallest absolute Gasteiger partial charge is 0.234 e. The van der Waals surface area contributed by atoms with Crippen LogP contribution < -0.4 is 5.32 Å². The second kappa shape index (κ2) is 7.65. The minimum absolute atomic E-state index is 0.0584. The van der Waals surface area contributed by atoms with Crippen LogP contribution in [0, 0.1) is 0 Å². The van der Waals surface area contributed by atoms with E-state index in [0.29, 0.717) is 5.92 Å². The summed E-state index contributed by atoms with van der Waals surface area (Å²) >= 11 is 1.39. The number of carbonyl (C=O) groups excluding carboxylic acids is 1. The first-order valence-corrected chi connectivity index (χ1v) is 9.22. The van der Waals surface area contributed by atoms with E-state index < -0.39 is 0 Å². The minimum atomic E-state index is -0.0584. The Kier molecular flexibility index (Phi) is 5.33. The predicted molar refractivity (Wildman–Crippen MR) is 101 cm³/mol. The third-order valence-electron chi connectivity index (χ3n) is 4.21. The van der Waals surface area contributed by atoms with Crippen LogP contribution in [0.2, 0.25) is 0 Å². The van der Waals surface area contributed by atoms with Crippen LogP contribution in [-0.2, 0) is 11.8 Å². The van der Waals surface area contributed by atoms with Gasteiger partial charge in [-0.2, -0.15) is 5.10 Å². The van der Waals surface area contributed by atoms with Gasteiger partial charge in [-0.25, -0.2) is 9.97 Å². The SMILES string of the molecule is CCC(C)c1ccc(NC(=O)CSc2ncnc3c2cnn3C)cc1. The van der Waals surface area contributed by atoms with Crippen molar-refractivity contribution in [2.24, 2.45) is 7.05 Å². The average Bonchev–Trinajstić information content (AvgIpc) is 3.02. The molecule has 1 aromatic carbocycles. The van der Waals surface area contributed by atoms with Crippen molar-refractivity contribution in [1.82, 2.24) is 19.7 Å². The Bertz CT molecular complexity index is 875. The minimum Gasteiger partial charge on any atom is -0.325 e. The normalized spacial score (nSPS) is 12.3. The highest BCUT2D eigenvalue weighted by atomic mass is 32.2. The van der Waals surface area contributed by atoms with Crippen molar-refractivity contribution >= 4 is 34.4 Å². The number of hydrogen-bond donors (Lipinski definition) is 1. The number of rotatable bonds is 6.